The van der Waals surface area contributed by atoms with Gasteiger partial charge in [-0.3, -0.25) is 19.0 Å². The summed E-state index contributed by atoms with van der Waals surface area (Å²) in [7, 11) is -0.709. The van der Waals surface area contributed by atoms with Crippen LogP contribution in [0, 0.1) is 0 Å². The highest BCUT2D eigenvalue weighted by Crippen LogP contribution is 2.27. The molecule has 0 spiro atoms. The van der Waals surface area contributed by atoms with Gasteiger partial charge in [-0.15, -0.1) is 0 Å². The van der Waals surface area contributed by atoms with Crippen molar-refractivity contribution in [2.45, 2.75) is 6.73 Å². The Bertz CT molecular complexity index is 1150. The summed E-state index contributed by atoms with van der Waals surface area (Å²) in [5, 5.41) is 11.2. The van der Waals surface area contributed by atoms with Crippen LogP contribution < -0.4 is 5.32 Å². The van der Waals surface area contributed by atoms with Gasteiger partial charge in [-0.05, 0) is 24.3 Å². The molecule has 0 bridgehead atoms. The number of hydrogen-bond donors (Lipinski definition) is 3. The quantitative estimate of drug-likeness (QED) is 0.381. The Kier molecular flexibility index (Phi) is 5.68. The van der Waals surface area contributed by atoms with Crippen molar-refractivity contribution in [2.75, 3.05) is 5.32 Å². The van der Waals surface area contributed by atoms with E-state index in [-0.39, 0.29) is 12.5 Å². The normalized spacial score (nSPS) is 11.2. The van der Waals surface area contributed by atoms with Crippen molar-refractivity contribution in [3.8, 4) is 22.7 Å². The highest BCUT2D eigenvalue weighted by molar-refractivity contribution is 7.39. The molecule has 0 unspecified atom stereocenters. The molecule has 4 rings (SSSR count). The molecule has 154 valence electrons. The Balaban J connectivity index is 1.49. The van der Waals surface area contributed by atoms with Crippen molar-refractivity contribution in [3.63, 3.8) is 0 Å². The molecule has 0 radical (unpaired) electrons. The van der Waals surface area contributed by atoms with Crippen molar-refractivity contribution in [1.29, 1.82) is 0 Å². The number of hydrogen-bond acceptors (Lipinski definition) is 8. The zero-order chi connectivity index (χ0) is 21.1. The van der Waals surface area contributed by atoms with Crippen molar-refractivity contribution >= 4 is 20.2 Å². The molecule has 12 heteroatoms. The molecule has 4 aromatic rings. The maximum absolute atomic E-state index is 12.7. The number of pyridine rings is 1. The molecule has 0 saturated heterocycles. The molecule has 0 atom stereocenters. The van der Waals surface area contributed by atoms with Crippen LogP contribution >= 0.6 is 8.60 Å². The van der Waals surface area contributed by atoms with Crippen LogP contribution in [0.2, 0.25) is 0 Å². The molecule has 0 fully saturated rings. The predicted molar refractivity (Wildman–Crippen MR) is 107 cm³/mol. The highest BCUT2D eigenvalue weighted by Gasteiger charge is 2.18. The van der Waals surface area contributed by atoms with Crippen LogP contribution in [-0.2, 0) is 18.3 Å². The molecule has 1 amide bonds. The van der Waals surface area contributed by atoms with Crippen LogP contribution in [-0.4, -0.2) is 40.2 Å². The van der Waals surface area contributed by atoms with E-state index < -0.39 is 14.5 Å². The molecular weight excluding hydrogens is 411 g/mol. The predicted octanol–water partition coefficient (Wildman–Crippen LogP) is 2.38. The molecule has 0 aromatic carbocycles. The summed E-state index contributed by atoms with van der Waals surface area (Å²) in [6.07, 6.45) is 6.45. The fourth-order valence-corrected chi connectivity index (χ4v) is 2.96. The van der Waals surface area contributed by atoms with E-state index in [1.54, 1.807) is 54.6 Å². The zero-order valence-electron chi connectivity index (χ0n) is 15.7. The van der Waals surface area contributed by atoms with Crippen molar-refractivity contribution < 1.29 is 23.5 Å². The number of furan rings is 1. The van der Waals surface area contributed by atoms with E-state index in [0.717, 1.165) is 0 Å². The Hall–Kier alpha value is -3.37. The smallest absolute Gasteiger partial charge is 0.328 e. The second kappa shape index (κ2) is 8.56. The lowest BCUT2D eigenvalue weighted by atomic mass is 10.2. The van der Waals surface area contributed by atoms with Gasteiger partial charge in [0.2, 0.25) is 0 Å². The summed E-state index contributed by atoms with van der Waals surface area (Å²) in [6, 6.07) is 8.65. The summed E-state index contributed by atoms with van der Waals surface area (Å²) in [6.45, 7) is -0.121. The SMILES string of the molecule is Cn1cc(NC(=O)c2ccc(-c3cnn(COP(O)O)c3)o2)c(-c2ccccn2)n1. The Morgan fingerprint density at radius 3 is 2.90 bits per heavy atom. The van der Waals surface area contributed by atoms with E-state index in [0.29, 0.717) is 28.4 Å². The van der Waals surface area contributed by atoms with Crippen LogP contribution in [0.4, 0.5) is 5.69 Å². The second-order valence-corrected chi connectivity index (χ2v) is 6.94. The van der Waals surface area contributed by atoms with Gasteiger partial charge in [0.15, 0.2) is 5.76 Å². The molecule has 0 aliphatic heterocycles. The van der Waals surface area contributed by atoms with Gasteiger partial charge in [0.05, 0.1) is 23.1 Å². The number of anilines is 1. The lowest BCUT2D eigenvalue weighted by molar-refractivity contribution is 0.0997. The maximum atomic E-state index is 12.7. The van der Waals surface area contributed by atoms with E-state index >= 15 is 0 Å². The van der Waals surface area contributed by atoms with Gasteiger partial charge in [0.1, 0.15) is 18.2 Å². The fourth-order valence-electron chi connectivity index (χ4n) is 2.74. The zero-order valence-corrected chi connectivity index (χ0v) is 16.6. The van der Waals surface area contributed by atoms with Gasteiger partial charge < -0.3 is 19.5 Å². The molecule has 0 aliphatic rings. The molecule has 0 saturated carbocycles. The second-order valence-electron chi connectivity index (χ2n) is 6.18. The molecule has 11 nitrogen and oxygen atoms in total. The third-order valence-electron chi connectivity index (χ3n) is 4.04. The molecule has 4 heterocycles. The van der Waals surface area contributed by atoms with E-state index in [4.69, 9.17) is 18.7 Å². The number of nitrogens with one attached hydrogen (secondary N) is 1. The van der Waals surface area contributed by atoms with Gasteiger partial charge in [0.25, 0.3) is 5.91 Å². The van der Waals surface area contributed by atoms with Crippen LogP contribution in [0.1, 0.15) is 10.6 Å². The first-order valence-corrected chi connectivity index (χ1v) is 9.86. The summed E-state index contributed by atoms with van der Waals surface area (Å²) in [5.74, 6) is 0.102. The van der Waals surface area contributed by atoms with Crippen molar-refractivity contribution in [1.82, 2.24) is 24.5 Å². The lowest BCUT2D eigenvalue weighted by Gasteiger charge is -2.03. The molecule has 4 aromatic heterocycles. The Labute approximate surface area is 171 Å². The van der Waals surface area contributed by atoms with Gasteiger partial charge in [-0.25, -0.2) is 4.68 Å². The summed E-state index contributed by atoms with van der Waals surface area (Å²) >= 11 is 0. The first kappa shape index (κ1) is 19.9. The van der Waals surface area contributed by atoms with Gasteiger partial charge in [-0.2, -0.15) is 10.2 Å². The highest BCUT2D eigenvalue weighted by atomic mass is 31.2. The summed E-state index contributed by atoms with van der Waals surface area (Å²) < 4.78 is 13.3. The van der Waals surface area contributed by atoms with Crippen LogP contribution in [0.25, 0.3) is 22.7 Å². The van der Waals surface area contributed by atoms with E-state index in [1.807, 2.05) is 6.07 Å². The fraction of sp³-hybridized carbons (Fsp3) is 0.111. The lowest BCUT2D eigenvalue weighted by Crippen LogP contribution is -2.11. The minimum Gasteiger partial charge on any atom is -0.451 e. The number of aromatic nitrogens is 5. The van der Waals surface area contributed by atoms with Crippen LogP contribution in [0.3, 0.4) is 0 Å². The largest absolute Gasteiger partial charge is 0.451 e. The number of carbonyl (C=O) groups is 1. The van der Waals surface area contributed by atoms with Crippen molar-refractivity contribution in [2.24, 2.45) is 7.05 Å². The van der Waals surface area contributed by atoms with Gasteiger partial charge >= 0.3 is 8.60 Å². The number of carbonyl (C=O) groups excluding carboxylic acids is 1. The average Bonchev–Trinajstić information content (AvgIpc) is 3.46. The number of aryl methyl sites for hydroxylation is 1. The molecular formula is C18H17N6O5P. The minimum atomic E-state index is -2.46. The summed E-state index contributed by atoms with van der Waals surface area (Å²) in [5.41, 5.74) is 2.30. The van der Waals surface area contributed by atoms with Crippen LogP contribution in [0.15, 0.2) is 59.5 Å². The molecule has 3 N–H and O–H groups in total. The Morgan fingerprint density at radius 1 is 1.27 bits per heavy atom. The minimum absolute atomic E-state index is 0.110. The third-order valence-corrected chi connectivity index (χ3v) is 4.38. The topological polar surface area (TPSA) is 140 Å². The number of nitrogens with zero attached hydrogens (tertiary/aromatic N) is 5. The number of amides is 1. The first-order chi connectivity index (χ1) is 14.5. The van der Waals surface area contributed by atoms with Crippen LogP contribution in [0.5, 0.6) is 0 Å². The monoisotopic (exact) mass is 428 g/mol. The van der Waals surface area contributed by atoms with E-state index in [2.05, 4.69) is 20.5 Å². The van der Waals surface area contributed by atoms with E-state index in [1.165, 1.54) is 10.9 Å². The van der Waals surface area contributed by atoms with Gasteiger partial charge in [0, 0.05) is 25.6 Å². The standard InChI is InChI=1S/C18H17N6O5P/c1-23-10-14(17(22-23)13-4-2-3-7-19-13)21-18(25)16-6-5-15(29-16)12-8-20-24(9-12)11-28-30(26)27/h2-10,26-27H,11H2,1H3,(H,21,25). The Morgan fingerprint density at radius 2 is 2.13 bits per heavy atom. The molecule has 0 aliphatic carbocycles. The average molecular weight is 428 g/mol. The third kappa shape index (κ3) is 4.44. The van der Waals surface area contributed by atoms with E-state index in [9.17, 15) is 4.79 Å². The van der Waals surface area contributed by atoms with Gasteiger partial charge in [-0.1, -0.05) is 6.07 Å². The molecule has 30 heavy (non-hydrogen) atoms. The summed E-state index contributed by atoms with van der Waals surface area (Å²) in [4.78, 5) is 34.6. The maximum Gasteiger partial charge on any atom is 0.328 e. The van der Waals surface area contributed by atoms with Crippen molar-refractivity contribution in [3.05, 3.63) is 60.9 Å². The first-order valence-electron chi connectivity index (χ1n) is 8.69. The number of rotatable bonds is 7.